The van der Waals surface area contributed by atoms with Crippen molar-refractivity contribution in [3.05, 3.63) is 48.3 Å². The number of hydrogen-bond donors (Lipinski definition) is 0. The lowest BCUT2D eigenvalue weighted by Gasteiger charge is -2.34. The van der Waals surface area contributed by atoms with E-state index in [-0.39, 0.29) is 16.5 Å². The van der Waals surface area contributed by atoms with Crippen LogP contribution in [0.15, 0.2) is 52.0 Å². The van der Waals surface area contributed by atoms with Gasteiger partial charge in [-0.15, -0.1) is 0 Å². The Morgan fingerprint density at radius 3 is 2.45 bits per heavy atom. The van der Waals surface area contributed by atoms with Gasteiger partial charge in [-0.3, -0.25) is 4.79 Å². The number of piperazine rings is 1. The van der Waals surface area contributed by atoms with Gasteiger partial charge in [0.1, 0.15) is 5.82 Å². The number of amides is 1. The molecule has 31 heavy (non-hydrogen) atoms. The lowest BCUT2D eigenvalue weighted by atomic mass is 10.2. The predicted molar refractivity (Wildman–Crippen MR) is 114 cm³/mol. The average Bonchev–Trinajstić information content (AvgIpc) is 3.49. The van der Waals surface area contributed by atoms with Crippen molar-refractivity contribution in [3.63, 3.8) is 0 Å². The first-order chi connectivity index (χ1) is 15.0. The van der Waals surface area contributed by atoms with Crippen LogP contribution in [0.2, 0.25) is 0 Å². The highest BCUT2D eigenvalue weighted by Gasteiger charge is 2.31. The molecule has 0 saturated carbocycles. The minimum Gasteiger partial charge on any atom is -0.355 e. The molecule has 0 N–H and O–H groups in total. The highest BCUT2D eigenvalue weighted by molar-refractivity contribution is 7.89. The van der Waals surface area contributed by atoms with Crippen molar-refractivity contribution in [2.45, 2.75) is 17.7 Å². The molecule has 0 unspecified atom stereocenters. The molecule has 3 aromatic rings. The molecule has 0 spiro atoms. The van der Waals surface area contributed by atoms with E-state index in [1.54, 1.807) is 17.2 Å². The molecule has 0 aliphatic carbocycles. The van der Waals surface area contributed by atoms with E-state index in [4.69, 9.17) is 4.52 Å². The number of carbonyl (C=O) groups is 1. The number of sulfonamides is 1. The molecule has 0 radical (unpaired) electrons. The fraction of sp³-hybridized carbons (Fsp3) is 0.381. The first-order valence-electron chi connectivity index (χ1n) is 10.4. The summed E-state index contributed by atoms with van der Waals surface area (Å²) in [6, 6.07) is 10.3. The molecule has 10 heteroatoms. The number of anilines is 1. The van der Waals surface area contributed by atoms with Crippen LogP contribution >= 0.6 is 0 Å². The second-order valence-corrected chi connectivity index (χ2v) is 9.71. The van der Waals surface area contributed by atoms with Gasteiger partial charge in [-0.25, -0.2) is 13.4 Å². The molecule has 1 amide bonds. The van der Waals surface area contributed by atoms with Crippen molar-refractivity contribution in [1.82, 2.24) is 19.3 Å². The second-order valence-electron chi connectivity index (χ2n) is 7.77. The summed E-state index contributed by atoms with van der Waals surface area (Å²) in [5.41, 5.74) is 0.579. The molecule has 2 fully saturated rings. The molecule has 2 aliphatic rings. The number of carbonyl (C=O) groups excluding carboxylic acids is 1. The topological polar surface area (TPSA) is 99.8 Å². The molecular formula is C21H23N5O4S. The number of nitrogens with zero attached hydrogens (tertiary/aromatic N) is 5. The minimum atomic E-state index is -3.71. The zero-order valence-electron chi connectivity index (χ0n) is 17.0. The van der Waals surface area contributed by atoms with Gasteiger partial charge in [0.2, 0.25) is 10.0 Å². The molecule has 0 bridgehead atoms. The summed E-state index contributed by atoms with van der Waals surface area (Å²) >= 11 is 0. The van der Waals surface area contributed by atoms with Crippen LogP contribution in [0.4, 0.5) is 5.82 Å². The molecule has 0 atom stereocenters. The summed E-state index contributed by atoms with van der Waals surface area (Å²) in [6.07, 6.45) is 3.66. The van der Waals surface area contributed by atoms with Gasteiger partial charge in [-0.1, -0.05) is 11.2 Å². The van der Waals surface area contributed by atoms with Crippen molar-refractivity contribution in [2.75, 3.05) is 44.2 Å². The highest BCUT2D eigenvalue weighted by atomic mass is 32.2. The van der Waals surface area contributed by atoms with E-state index >= 15 is 0 Å². The van der Waals surface area contributed by atoms with Crippen LogP contribution < -0.4 is 4.90 Å². The number of benzene rings is 1. The van der Waals surface area contributed by atoms with E-state index < -0.39 is 10.0 Å². The summed E-state index contributed by atoms with van der Waals surface area (Å²) in [5.74, 6) is 0.630. The standard InChI is InChI=1S/C21H23N5O4S/c27-21(25-9-3-4-10-25)20-17-15-16(6-7-18(17)30-23-20)31(28,29)26-13-11-24(12-14-26)19-5-1-2-8-22-19/h1-2,5-8,15H,3-4,9-14H2. The van der Waals surface area contributed by atoms with Gasteiger partial charge < -0.3 is 14.3 Å². The third-order valence-corrected chi connectivity index (χ3v) is 7.78. The largest absolute Gasteiger partial charge is 0.355 e. The molecule has 2 aliphatic heterocycles. The van der Waals surface area contributed by atoms with Gasteiger partial charge in [0.05, 0.1) is 10.3 Å². The third kappa shape index (κ3) is 3.66. The first kappa shape index (κ1) is 20.0. The maximum absolute atomic E-state index is 13.3. The monoisotopic (exact) mass is 441 g/mol. The van der Waals surface area contributed by atoms with Crippen LogP contribution in [0.3, 0.4) is 0 Å². The molecule has 5 rings (SSSR count). The Bertz CT molecular complexity index is 1200. The highest BCUT2D eigenvalue weighted by Crippen LogP contribution is 2.27. The minimum absolute atomic E-state index is 0.143. The lowest BCUT2D eigenvalue weighted by Crippen LogP contribution is -2.48. The summed E-state index contributed by atoms with van der Waals surface area (Å²) < 4.78 is 33.3. The Labute approximate surface area is 180 Å². The Morgan fingerprint density at radius 2 is 1.74 bits per heavy atom. The summed E-state index contributed by atoms with van der Waals surface area (Å²) in [7, 11) is -3.71. The van der Waals surface area contributed by atoms with Crippen LogP contribution in [0, 0.1) is 0 Å². The van der Waals surface area contributed by atoms with Crippen molar-refractivity contribution >= 4 is 32.7 Å². The van der Waals surface area contributed by atoms with E-state index in [1.165, 1.54) is 16.4 Å². The lowest BCUT2D eigenvalue weighted by molar-refractivity contribution is 0.0784. The Kier molecular flexibility index (Phi) is 5.11. The quantitative estimate of drug-likeness (QED) is 0.610. The molecule has 4 heterocycles. The van der Waals surface area contributed by atoms with Crippen LogP contribution in [0.5, 0.6) is 0 Å². The fourth-order valence-corrected chi connectivity index (χ4v) is 5.60. The average molecular weight is 442 g/mol. The molecule has 9 nitrogen and oxygen atoms in total. The smallest absolute Gasteiger partial charge is 0.276 e. The van der Waals surface area contributed by atoms with Gasteiger partial charge in [0, 0.05) is 45.5 Å². The number of fused-ring (bicyclic) bond motifs is 1. The third-order valence-electron chi connectivity index (χ3n) is 5.89. The molecule has 2 saturated heterocycles. The van der Waals surface area contributed by atoms with Gasteiger partial charge in [-0.2, -0.15) is 4.31 Å². The van der Waals surface area contributed by atoms with Crippen LogP contribution in [-0.2, 0) is 10.0 Å². The van der Waals surface area contributed by atoms with Crippen LogP contribution in [0.25, 0.3) is 11.0 Å². The van der Waals surface area contributed by atoms with Crippen LogP contribution in [0.1, 0.15) is 23.3 Å². The van der Waals surface area contributed by atoms with E-state index in [0.29, 0.717) is 50.2 Å². The van der Waals surface area contributed by atoms with E-state index in [9.17, 15) is 13.2 Å². The van der Waals surface area contributed by atoms with Gasteiger partial charge in [0.25, 0.3) is 5.91 Å². The van der Waals surface area contributed by atoms with Crippen molar-refractivity contribution < 1.29 is 17.7 Å². The van der Waals surface area contributed by atoms with Crippen molar-refractivity contribution in [3.8, 4) is 0 Å². The number of pyridine rings is 1. The van der Waals surface area contributed by atoms with E-state index in [0.717, 1.165) is 18.7 Å². The van der Waals surface area contributed by atoms with E-state index in [2.05, 4.69) is 15.0 Å². The maximum Gasteiger partial charge on any atom is 0.276 e. The number of rotatable bonds is 4. The second kappa shape index (κ2) is 7.93. The molecule has 162 valence electrons. The zero-order chi connectivity index (χ0) is 21.4. The fourth-order valence-electron chi connectivity index (χ4n) is 4.15. The summed E-state index contributed by atoms with van der Waals surface area (Å²) in [5, 5.41) is 4.37. The Hall–Kier alpha value is -2.98. The number of likely N-dealkylation sites (tertiary alicyclic amines) is 1. The SMILES string of the molecule is O=C(c1noc2ccc(S(=O)(=O)N3CCN(c4ccccn4)CC3)cc12)N1CCCC1. The van der Waals surface area contributed by atoms with Gasteiger partial charge in [-0.05, 0) is 43.2 Å². The number of aromatic nitrogens is 2. The molecule has 2 aromatic heterocycles. The van der Waals surface area contributed by atoms with E-state index in [1.807, 2.05) is 18.2 Å². The Balaban J connectivity index is 1.38. The normalized spacial score (nSPS) is 18.1. The van der Waals surface area contributed by atoms with Gasteiger partial charge in [0.15, 0.2) is 11.3 Å². The van der Waals surface area contributed by atoms with Crippen molar-refractivity contribution in [1.29, 1.82) is 0 Å². The first-order valence-corrected chi connectivity index (χ1v) is 11.8. The van der Waals surface area contributed by atoms with Crippen molar-refractivity contribution in [2.24, 2.45) is 0 Å². The van der Waals surface area contributed by atoms with Crippen LogP contribution in [-0.4, -0.2) is 72.9 Å². The predicted octanol–water partition coefficient (Wildman–Crippen LogP) is 1.97. The maximum atomic E-state index is 13.3. The van der Waals surface area contributed by atoms with Gasteiger partial charge >= 0.3 is 0 Å². The Morgan fingerprint density at radius 1 is 0.968 bits per heavy atom. The molecule has 1 aromatic carbocycles. The summed E-state index contributed by atoms with van der Waals surface area (Å²) in [4.78, 5) is 21.1. The zero-order valence-corrected chi connectivity index (χ0v) is 17.8. The number of hydrogen-bond acceptors (Lipinski definition) is 7. The summed E-state index contributed by atoms with van der Waals surface area (Å²) in [6.45, 7) is 3.21. The molecular weight excluding hydrogens is 418 g/mol.